The maximum Gasteiger partial charge on any atom is 0.123 e. The first-order valence-electron chi connectivity index (χ1n) is 11.8. The molecule has 0 N–H and O–H groups in total. The van der Waals surface area contributed by atoms with Crippen LogP contribution in [0, 0.1) is 0 Å². The molecular weight excluding hydrogens is 392 g/mol. The van der Waals surface area contributed by atoms with Crippen molar-refractivity contribution in [2.24, 2.45) is 0 Å². The van der Waals surface area contributed by atoms with E-state index in [1.807, 2.05) is 6.07 Å². The molecule has 2 aromatic carbocycles. The fourth-order valence-corrected chi connectivity index (χ4v) is 5.92. The Balaban J connectivity index is 1.37. The van der Waals surface area contributed by atoms with Crippen LogP contribution in [-0.4, -0.2) is 49.1 Å². The van der Waals surface area contributed by atoms with Gasteiger partial charge in [-0.2, -0.15) is 0 Å². The molecule has 3 aliphatic rings. The van der Waals surface area contributed by atoms with E-state index in [-0.39, 0.29) is 0 Å². The van der Waals surface area contributed by atoms with Crippen LogP contribution in [0.3, 0.4) is 0 Å². The summed E-state index contributed by atoms with van der Waals surface area (Å²) in [6.07, 6.45) is 7.74. The SMILES string of the molecule is Clc1cccc(C2CN3CCCC3c3cccc(OCCCN4CCCCC4)c32)c1. The van der Waals surface area contributed by atoms with Gasteiger partial charge in [0.05, 0.1) is 6.61 Å². The number of benzene rings is 2. The molecule has 0 amide bonds. The number of nitrogens with zero attached hydrogens (tertiary/aromatic N) is 2. The van der Waals surface area contributed by atoms with E-state index in [9.17, 15) is 0 Å². The number of halogens is 1. The number of fused-ring (bicyclic) bond motifs is 3. The summed E-state index contributed by atoms with van der Waals surface area (Å²) < 4.78 is 6.45. The molecule has 2 unspecified atom stereocenters. The second kappa shape index (κ2) is 9.30. The lowest BCUT2D eigenvalue weighted by Gasteiger charge is -2.38. The van der Waals surface area contributed by atoms with Crippen LogP contribution in [0.15, 0.2) is 42.5 Å². The zero-order chi connectivity index (χ0) is 20.3. The topological polar surface area (TPSA) is 15.7 Å². The van der Waals surface area contributed by atoms with Crippen molar-refractivity contribution in [3.05, 3.63) is 64.2 Å². The van der Waals surface area contributed by atoms with Crippen LogP contribution < -0.4 is 4.74 Å². The Labute approximate surface area is 186 Å². The highest BCUT2D eigenvalue weighted by atomic mass is 35.5. The van der Waals surface area contributed by atoms with Crippen molar-refractivity contribution >= 4 is 11.6 Å². The highest BCUT2D eigenvalue weighted by Gasteiger charge is 2.38. The Hall–Kier alpha value is -1.55. The third kappa shape index (κ3) is 4.26. The molecule has 2 fully saturated rings. The monoisotopic (exact) mass is 424 g/mol. The Bertz CT molecular complexity index is 864. The van der Waals surface area contributed by atoms with Gasteiger partial charge in [-0.05, 0) is 81.1 Å². The number of hydrogen-bond acceptors (Lipinski definition) is 3. The van der Waals surface area contributed by atoms with Gasteiger partial charge in [0.1, 0.15) is 5.75 Å². The average Bonchev–Trinajstić information content (AvgIpc) is 3.26. The molecule has 0 aromatic heterocycles. The molecule has 2 atom stereocenters. The van der Waals surface area contributed by atoms with Crippen molar-refractivity contribution in [3.63, 3.8) is 0 Å². The van der Waals surface area contributed by atoms with Gasteiger partial charge in [0.2, 0.25) is 0 Å². The first kappa shape index (κ1) is 20.4. The Morgan fingerprint density at radius 1 is 0.967 bits per heavy atom. The molecule has 0 aliphatic carbocycles. The average molecular weight is 425 g/mol. The van der Waals surface area contributed by atoms with Crippen molar-refractivity contribution in [1.82, 2.24) is 9.80 Å². The summed E-state index contributed by atoms with van der Waals surface area (Å²) >= 11 is 6.37. The van der Waals surface area contributed by atoms with Crippen molar-refractivity contribution in [3.8, 4) is 5.75 Å². The van der Waals surface area contributed by atoms with Crippen LogP contribution in [0.25, 0.3) is 0 Å². The summed E-state index contributed by atoms with van der Waals surface area (Å²) in [6.45, 7) is 6.73. The Morgan fingerprint density at radius 2 is 1.83 bits per heavy atom. The van der Waals surface area contributed by atoms with Gasteiger partial charge in [0, 0.05) is 35.6 Å². The van der Waals surface area contributed by atoms with Crippen LogP contribution >= 0.6 is 11.6 Å². The van der Waals surface area contributed by atoms with Gasteiger partial charge in [0.15, 0.2) is 0 Å². The Morgan fingerprint density at radius 3 is 2.70 bits per heavy atom. The number of ether oxygens (including phenoxy) is 1. The summed E-state index contributed by atoms with van der Waals surface area (Å²) in [5.74, 6) is 1.41. The predicted octanol–water partition coefficient (Wildman–Crippen LogP) is 5.88. The normalized spacial score (nSPS) is 24.4. The molecule has 2 aromatic rings. The molecule has 4 heteroatoms. The summed E-state index contributed by atoms with van der Waals surface area (Å²) in [6, 6.07) is 15.7. The molecule has 0 saturated carbocycles. The van der Waals surface area contributed by atoms with Crippen molar-refractivity contribution in [2.75, 3.05) is 39.3 Å². The lowest BCUT2D eigenvalue weighted by molar-refractivity contribution is 0.200. The molecule has 3 nitrogen and oxygen atoms in total. The van der Waals surface area contributed by atoms with Gasteiger partial charge in [-0.1, -0.05) is 42.3 Å². The minimum absolute atomic E-state index is 0.325. The minimum Gasteiger partial charge on any atom is -0.493 e. The van der Waals surface area contributed by atoms with Gasteiger partial charge in [-0.3, -0.25) is 4.90 Å². The maximum absolute atomic E-state index is 6.45. The van der Waals surface area contributed by atoms with Crippen LogP contribution in [0.5, 0.6) is 5.75 Å². The van der Waals surface area contributed by atoms with E-state index in [1.54, 1.807) is 0 Å². The molecule has 30 heavy (non-hydrogen) atoms. The largest absolute Gasteiger partial charge is 0.493 e. The van der Waals surface area contributed by atoms with E-state index in [4.69, 9.17) is 16.3 Å². The van der Waals surface area contributed by atoms with Gasteiger partial charge in [-0.15, -0.1) is 0 Å². The van der Waals surface area contributed by atoms with Gasteiger partial charge < -0.3 is 9.64 Å². The maximum atomic E-state index is 6.45. The number of rotatable bonds is 6. The smallest absolute Gasteiger partial charge is 0.123 e. The standard InChI is InChI=1S/C26H33ClN2O/c27-21-9-4-8-20(18-21)23-19-29-16-6-11-24(29)22-10-5-12-25(26(22)23)30-17-7-15-28-13-2-1-3-14-28/h4-5,8-10,12,18,23-24H,1-3,6-7,11,13-17,19H2. The van der Waals surface area contributed by atoms with Gasteiger partial charge in [-0.25, -0.2) is 0 Å². The van der Waals surface area contributed by atoms with E-state index in [0.29, 0.717) is 12.0 Å². The van der Waals surface area contributed by atoms with E-state index in [1.165, 1.54) is 68.4 Å². The highest BCUT2D eigenvalue weighted by Crippen LogP contribution is 2.47. The van der Waals surface area contributed by atoms with Crippen molar-refractivity contribution < 1.29 is 4.74 Å². The second-order valence-corrected chi connectivity index (χ2v) is 9.56. The van der Waals surface area contributed by atoms with Crippen LogP contribution in [0.2, 0.25) is 5.02 Å². The molecular formula is C26H33ClN2O. The summed E-state index contributed by atoms with van der Waals surface area (Å²) in [5, 5.41) is 0.817. The van der Waals surface area contributed by atoms with E-state index in [0.717, 1.165) is 36.9 Å². The van der Waals surface area contributed by atoms with Crippen LogP contribution in [0.1, 0.15) is 67.2 Å². The zero-order valence-electron chi connectivity index (χ0n) is 17.9. The van der Waals surface area contributed by atoms with Crippen molar-refractivity contribution in [1.29, 1.82) is 0 Å². The third-order valence-electron chi connectivity index (χ3n) is 7.16. The number of piperidine rings is 1. The molecule has 5 rings (SSSR count). The lowest BCUT2D eigenvalue weighted by Crippen LogP contribution is -2.35. The van der Waals surface area contributed by atoms with Crippen molar-refractivity contribution in [2.45, 2.75) is 50.5 Å². The summed E-state index contributed by atoms with van der Waals surface area (Å²) in [4.78, 5) is 5.26. The predicted molar refractivity (Wildman–Crippen MR) is 124 cm³/mol. The molecule has 160 valence electrons. The second-order valence-electron chi connectivity index (χ2n) is 9.12. The third-order valence-corrected chi connectivity index (χ3v) is 7.40. The Kier molecular flexibility index (Phi) is 6.31. The van der Waals surface area contributed by atoms with Gasteiger partial charge in [0.25, 0.3) is 0 Å². The fraction of sp³-hybridized carbons (Fsp3) is 0.538. The summed E-state index contributed by atoms with van der Waals surface area (Å²) in [5.41, 5.74) is 4.18. The molecule has 0 radical (unpaired) electrons. The minimum atomic E-state index is 0.325. The summed E-state index contributed by atoms with van der Waals surface area (Å²) in [7, 11) is 0. The molecule has 0 spiro atoms. The zero-order valence-corrected chi connectivity index (χ0v) is 18.6. The first-order chi connectivity index (χ1) is 14.8. The lowest BCUT2D eigenvalue weighted by atomic mass is 9.81. The van der Waals surface area contributed by atoms with E-state index in [2.05, 4.69) is 46.2 Å². The molecule has 2 saturated heterocycles. The quantitative estimate of drug-likeness (QED) is 0.538. The number of hydrogen-bond donors (Lipinski definition) is 0. The molecule has 3 heterocycles. The van der Waals surface area contributed by atoms with E-state index >= 15 is 0 Å². The van der Waals surface area contributed by atoms with Crippen LogP contribution in [-0.2, 0) is 0 Å². The number of likely N-dealkylation sites (tertiary alicyclic amines) is 1. The van der Waals surface area contributed by atoms with Gasteiger partial charge >= 0.3 is 0 Å². The molecule has 0 bridgehead atoms. The first-order valence-corrected chi connectivity index (χ1v) is 12.1. The highest BCUT2D eigenvalue weighted by molar-refractivity contribution is 6.30. The van der Waals surface area contributed by atoms with E-state index < -0.39 is 0 Å². The van der Waals surface area contributed by atoms with Crippen LogP contribution in [0.4, 0.5) is 0 Å². The fourth-order valence-electron chi connectivity index (χ4n) is 5.72. The molecule has 3 aliphatic heterocycles.